The predicted molar refractivity (Wildman–Crippen MR) is 79.0 cm³/mol. The fourth-order valence-electron chi connectivity index (χ4n) is 3.75. The Balaban J connectivity index is 1.89. The first-order chi connectivity index (χ1) is 10.1. The number of carboxylic acids is 1. The summed E-state index contributed by atoms with van der Waals surface area (Å²) < 4.78 is 5.42. The lowest BCUT2D eigenvalue weighted by atomic mass is 9.84. The van der Waals surface area contributed by atoms with Crippen molar-refractivity contribution in [3.05, 3.63) is 0 Å². The van der Waals surface area contributed by atoms with Gasteiger partial charge < -0.3 is 14.7 Å². The molecule has 5 nitrogen and oxygen atoms in total. The summed E-state index contributed by atoms with van der Waals surface area (Å²) >= 11 is 0. The average molecular weight is 297 g/mol. The molecular weight excluding hydrogens is 270 g/mol. The van der Waals surface area contributed by atoms with Gasteiger partial charge in [-0.25, -0.2) is 0 Å². The van der Waals surface area contributed by atoms with Crippen LogP contribution in [-0.2, 0) is 14.3 Å². The highest BCUT2D eigenvalue weighted by molar-refractivity contribution is 5.78. The molecular formula is C16H27NO4. The summed E-state index contributed by atoms with van der Waals surface area (Å²) in [6.45, 7) is 0.719. The maximum absolute atomic E-state index is 12.5. The minimum Gasteiger partial charge on any atom is -0.481 e. The highest BCUT2D eigenvalue weighted by Crippen LogP contribution is 2.30. The van der Waals surface area contributed by atoms with Gasteiger partial charge in [-0.3, -0.25) is 9.59 Å². The molecule has 2 aliphatic rings. The van der Waals surface area contributed by atoms with Crippen LogP contribution in [0.2, 0.25) is 0 Å². The number of hydrogen-bond acceptors (Lipinski definition) is 3. The fourth-order valence-corrected chi connectivity index (χ4v) is 3.75. The molecule has 1 aliphatic heterocycles. The lowest BCUT2D eigenvalue weighted by Gasteiger charge is -2.37. The van der Waals surface area contributed by atoms with Gasteiger partial charge in [-0.05, 0) is 44.4 Å². The van der Waals surface area contributed by atoms with Crippen LogP contribution in [0.1, 0.15) is 57.8 Å². The normalized spacial score (nSPS) is 30.1. The maximum atomic E-state index is 12.5. The number of amides is 1. The number of carbonyl (C=O) groups excluding carboxylic acids is 1. The molecule has 0 bridgehead atoms. The Hall–Kier alpha value is -1.10. The van der Waals surface area contributed by atoms with E-state index in [0.717, 1.165) is 51.5 Å². The van der Waals surface area contributed by atoms with Crippen LogP contribution in [0.4, 0.5) is 0 Å². The Bertz CT molecular complexity index is 371. The first-order valence-corrected chi connectivity index (χ1v) is 8.14. The number of likely N-dealkylation sites (tertiary alicyclic amines) is 1. The molecule has 1 amide bonds. The molecule has 1 saturated heterocycles. The van der Waals surface area contributed by atoms with E-state index in [2.05, 4.69) is 0 Å². The smallest absolute Gasteiger partial charge is 0.305 e. The van der Waals surface area contributed by atoms with Crippen LogP contribution in [0.25, 0.3) is 0 Å². The number of carboxylic acid groups (broad SMARTS) is 1. The summed E-state index contributed by atoms with van der Waals surface area (Å²) in [4.78, 5) is 25.3. The molecule has 21 heavy (non-hydrogen) atoms. The molecule has 1 aliphatic carbocycles. The summed E-state index contributed by atoms with van der Waals surface area (Å²) in [7, 11) is 1.74. The molecule has 2 fully saturated rings. The van der Waals surface area contributed by atoms with Crippen molar-refractivity contribution >= 4 is 11.9 Å². The third kappa shape index (κ3) is 4.70. The first-order valence-electron chi connectivity index (χ1n) is 8.14. The summed E-state index contributed by atoms with van der Waals surface area (Å²) in [6.07, 6.45) is 8.01. The van der Waals surface area contributed by atoms with Gasteiger partial charge in [-0.15, -0.1) is 0 Å². The molecule has 0 spiro atoms. The maximum Gasteiger partial charge on any atom is 0.305 e. The SMILES string of the molecule is COC1CCCC(CC(=O)N2CCCCC2CC(=O)O)C1. The van der Waals surface area contributed by atoms with Crippen LogP contribution in [0.5, 0.6) is 0 Å². The second kappa shape index (κ2) is 7.78. The number of hydrogen-bond donors (Lipinski definition) is 1. The van der Waals surface area contributed by atoms with E-state index in [1.54, 1.807) is 7.11 Å². The molecule has 0 aromatic rings. The van der Waals surface area contributed by atoms with Gasteiger partial charge in [0.2, 0.25) is 5.91 Å². The molecule has 0 aromatic carbocycles. The van der Waals surface area contributed by atoms with Crippen molar-refractivity contribution in [2.45, 2.75) is 69.9 Å². The van der Waals surface area contributed by atoms with E-state index in [1.807, 2.05) is 4.90 Å². The lowest BCUT2D eigenvalue weighted by Crippen LogP contribution is -2.45. The van der Waals surface area contributed by atoms with Crippen molar-refractivity contribution < 1.29 is 19.4 Å². The van der Waals surface area contributed by atoms with Crippen molar-refractivity contribution in [2.75, 3.05) is 13.7 Å². The largest absolute Gasteiger partial charge is 0.481 e. The van der Waals surface area contributed by atoms with Gasteiger partial charge in [-0.2, -0.15) is 0 Å². The summed E-state index contributed by atoms with van der Waals surface area (Å²) in [5.74, 6) is -0.275. The molecule has 1 saturated carbocycles. The number of ether oxygens (including phenoxy) is 1. The Morgan fingerprint density at radius 1 is 1.14 bits per heavy atom. The molecule has 3 unspecified atom stereocenters. The monoisotopic (exact) mass is 297 g/mol. The number of aliphatic carboxylic acids is 1. The number of methoxy groups -OCH3 is 1. The molecule has 5 heteroatoms. The highest BCUT2D eigenvalue weighted by atomic mass is 16.5. The Labute approximate surface area is 126 Å². The minimum atomic E-state index is -0.809. The van der Waals surface area contributed by atoms with Crippen LogP contribution in [0.15, 0.2) is 0 Å². The predicted octanol–water partition coefficient (Wildman–Crippen LogP) is 2.44. The first kappa shape index (κ1) is 16.3. The molecule has 3 atom stereocenters. The number of carbonyl (C=O) groups is 2. The zero-order valence-electron chi connectivity index (χ0n) is 12.9. The van der Waals surface area contributed by atoms with Crippen molar-refractivity contribution in [3.8, 4) is 0 Å². The van der Waals surface area contributed by atoms with E-state index in [9.17, 15) is 9.59 Å². The number of piperidine rings is 1. The van der Waals surface area contributed by atoms with Crippen LogP contribution in [0, 0.1) is 5.92 Å². The van der Waals surface area contributed by atoms with Crippen LogP contribution >= 0.6 is 0 Å². The minimum absolute atomic E-state index is 0.0805. The van der Waals surface area contributed by atoms with E-state index < -0.39 is 5.97 Å². The van der Waals surface area contributed by atoms with E-state index in [4.69, 9.17) is 9.84 Å². The second-order valence-corrected chi connectivity index (χ2v) is 6.43. The van der Waals surface area contributed by atoms with Gasteiger partial charge in [0.15, 0.2) is 0 Å². The van der Waals surface area contributed by atoms with Crippen molar-refractivity contribution in [1.82, 2.24) is 4.90 Å². The van der Waals surface area contributed by atoms with Gasteiger partial charge in [-0.1, -0.05) is 6.42 Å². The van der Waals surface area contributed by atoms with Crippen LogP contribution in [-0.4, -0.2) is 47.7 Å². The zero-order valence-corrected chi connectivity index (χ0v) is 12.9. The van der Waals surface area contributed by atoms with E-state index >= 15 is 0 Å². The Kier molecular flexibility index (Phi) is 6.03. The topological polar surface area (TPSA) is 66.8 Å². The van der Waals surface area contributed by atoms with Crippen LogP contribution < -0.4 is 0 Å². The average Bonchev–Trinajstić information content (AvgIpc) is 2.47. The van der Waals surface area contributed by atoms with Crippen LogP contribution in [0.3, 0.4) is 0 Å². The summed E-state index contributed by atoms with van der Waals surface area (Å²) in [5, 5.41) is 9.00. The van der Waals surface area contributed by atoms with Gasteiger partial charge in [0.25, 0.3) is 0 Å². The van der Waals surface area contributed by atoms with Crippen molar-refractivity contribution in [3.63, 3.8) is 0 Å². The lowest BCUT2D eigenvalue weighted by molar-refractivity contribution is -0.142. The molecule has 120 valence electrons. The number of rotatable bonds is 5. The Morgan fingerprint density at radius 3 is 2.67 bits per heavy atom. The van der Waals surface area contributed by atoms with Crippen molar-refractivity contribution in [2.24, 2.45) is 5.92 Å². The van der Waals surface area contributed by atoms with Crippen molar-refractivity contribution in [1.29, 1.82) is 0 Å². The summed E-state index contributed by atoms with van der Waals surface area (Å²) in [6, 6.07) is -0.106. The quantitative estimate of drug-likeness (QED) is 0.846. The van der Waals surface area contributed by atoms with E-state index in [0.29, 0.717) is 12.3 Å². The second-order valence-electron chi connectivity index (χ2n) is 6.43. The zero-order chi connectivity index (χ0) is 15.2. The third-order valence-corrected chi connectivity index (χ3v) is 4.89. The van der Waals surface area contributed by atoms with Gasteiger partial charge in [0, 0.05) is 26.1 Å². The van der Waals surface area contributed by atoms with Gasteiger partial charge in [0.1, 0.15) is 0 Å². The molecule has 1 N–H and O–H groups in total. The summed E-state index contributed by atoms with van der Waals surface area (Å²) in [5.41, 5.74) is 0. The molecule has 2 rings (SSSR count). The standard InChI is InChI=1S/C16H27NO4/c1-21-14-7-4-5-12(9-14)10-15(18)17-8-3-2-6-13(17)11-16(19)20/h12-14H,2-11H2,1H3,(H,19,20). The number of nitrogens with zero attached hydrogens (tertiary/aromatic N) is 1. The molecule has 0 aromatic heterocycles. The van der Waals surface area contributed by atoms with Gasteiger partial charge in [0.05, 0.1) is 12.5 Å². The third-order valence-electron chi connectivity index (χ3n) is 4.89. The highest BCUT2D eigenvalue weighted by Gasteiger charge is 2.31. The fraction of sp³-hybridized carbons (Fsp3) is 0.875. The van der Waals surface area contributed by atoms with E-state index in [1.165, 1.54) is 0 Å². The van der Waals surface area contributed by atoms with Gasteiger partial charge >= 0.3 is 5.97 Å². The molecule has 1 heterocycles. The van der Waals surface area contributed by atoms with E-state index in [-0.39, 0.29) is 24.5 Å². The Morgan fingerprint density at radius 2 is 1.95 bits per heavy atom. The molecule has 0 radical (unpaired) electrons.